The highest BCUT2D eigenvalue weighted by Gasteiger charge is 2.31. The van der Waals surface area contributed by atoms with Gasteiger partial charge in [-0.15, -0.1) is 13.2 Å². The lowest BCUT2D eigenvalue weighted by Crippen LogP contribution is -2.44. The molecule has 2 N–H and O–H groups in total. The monoisotopic (exact) mass is 565 g/mol. The Kier molecular flexibility index (Phi) is 7.28. The number of ether oxygens (including phenoxy) is 1. The number of aromatic nitrogens is 1. The second-order valence-corrected chi connectivity index (χ2v) is 10.3. The van der Waals surface area contributed by atoms with Crippen molar-refractivity contribution < 1.29 is 31.9 Å². The maximum atomic E-state index is 14.1. The molecule has 39 heavy (non-hydrogen) atoms. The highest BCUT2D eigenvalue weighted by molar-refractivity contribution is 6.31. The molecule has 0 saturated heterocycles. The molecule has 2 aliphatic carbocycles. The highest BCUT2D eigenvalue weighted by Crippen LogP contribution is 2.37. The molecule has 0 bridgehead atoms. The molecule has 7 nitrogen and oxygen atoms in total. The maximum Gasteiger partial charge on any atom is 0.573 e. The van der Waals surface area contributed by atoms with Crippen molar-refractivity contribution in [3.05, 3.63) is 74.8 Å². The van der Waals surface area contributed by atoms with E-state index in [1.165, 1.54) is 24.4 Å². The molecular weight excluding hydrogens is 542 g/mol. The highest BCUT2D eigenvalue weighted by atomic mass is 35.5. The fourth-order valence-corrected chi connectivity index (χ4v) is 5.04. The summed E-state index contributed by atoms with van der Waals surface area (Å²) in [4.78, 5) is 38.7. The number of carbonyl (C=O) groups excluding carboxylic acids is 2. The quantitative estimate of drug-likeness (QED) is 0.386. The average Bonchev–Trinajstić information content (AvgIpc) is 3.71. The van der Waals surface area contributed by atoms with Crippen LogP contribution in [0.3, 0.4) is 0 Å². The van der Waals surface area contributed by atoms with Crippen LogP contribution in [0.15, 0.2) is 47.4 Å². The summed E-state index contributed by atoms with van der Waals surface area (Å²) in [6.07, 6.45) is 0.673. The van der Waals surface area contributed by atoms with Crippen LogP contribution in [0, 0.1) is 5.82 Å². The van der Waals surface area contributed by atoms with Crippen LogP contribution in [0.5, 0.6) is 5.75 Å². The summed E-state index contributed by atoms with van der Waals surface area (Å²) in [5.74, 6) is -2.11. The molecule has 0 spiro atoms. The van der Waals surface area contributed by atoms with Crippen molar-refractivity contribution in [1.82, 2.24) is 15.2 Å². The standard InChI is InChI=1S/C27H24ClF4N3O4/c28-21-12-23-19(11-22(21)29)24(36)20(13-35(23)17-7-8-17)26(38)34-16-5-3-15(4-6-16)33-25(37)14-1-9-18(10-2-14)39-27(30,31)32/h1-2,9-13,15-17H,3-8H2,(H,33,37)(H,34,38)/t15-,16-. The van der Waals surface area contributed by atoms with Crippen LogP contribution in [0.2, 0.25) is 5.02 Å². The minimum absolute atomic E-state index is 0.0653. The van der Waals surface area contributed by atoms with E-state index in [1.54, 1.807) is 0 Å². The second-order valence-electron chi connectivity index (χ2n) is 9.86. The van der Waals surface area contributed by atoms with Crippen molar-refractivity contribution in [2.75, 3.05) is 0 Å². The molecule has 2 fully saturated rings. The molecule has 5 rings (SSSR count). The zero-order valence-corrected chi connectivity index (χ0v) is 21.2. The number of carbonyl (C=O) groups is 2. The van der Waals surface area contributed by atoms with Gasteiger partial charge < -0.3 is 19.9 Å². The first-order valence-corrected chi connectivity index (χ1v) is 12.9. The molecule has 12 heteroatoms. The number of pyridine rings is 1. The molecule has 1 aromatic heterocycles. The summed E-state index contributed by atoms with van der Waals surface area (Å²) in [5.41, 5.74) is 0.0530. The first-order valence-electron chi connectivity index (χ1n) is 12.5. The molecule has 2 saturated carbocycles. The summed E-state index contributed by atoms with van der Waals surface area (Å²) in [7, 11) is 0. The number of benzene rings is 2. The Morgan fingerprint density at radius 2 is 1.51 bits per heavy atom. The number of rotatable bonds is 6. The summed E-state index contributed by atoms with van der Waals surface area (Å²) in [6, 6.07) is 6.83. The molecule has 2 amide bonds. The summed E-state index contributed by atoms with van der Waals surface area (Å²) in [5, 5.41) is 5.76. The second kappa shape index (κ2) is 10.5. The van der Waals surface area contributed by atoms with E-state index in [2.05, 4.69) is 15.4 Å². The lowest BCUT2D eigenvalue weighted by molar-refractivity contribution is -0.274. The lowest BCUT2D eigenvalue weighted by Gasteiger charge is -2.29. The Balaban J connectivity index is 1.20. The number of hydrogen-bond acceptors (Lipinski definition) is 4. The molecule has 0 aliphatic heterocycles. The number of halogens is 5. The predicted octanol–water partition coefficient (Wildman–Crippen LogP) is 5.50. The number of alkyl halides is 3. The van der Waals surface area contributed by atoms with Crippen LogP contribution in [-0.2, 0) is 0 Å². The van der Waals surface area contributed by atoms with Gasteiger partial charge in [0.15, 0.2) is 0 Å². The molecular formula is C27H24ClF4N3O4. The third-order valence-electron chi connectivity index (χ3n) is 7.01. The predicted molar refractivity (Wildman–Crippen MR) is 136 cm³/mol. The van der Waals surface area contributed by atoms with Crippen molar-refractivity contribution in [2.24, 2.45) is 0 Å². The molecule has 2 aromatic carbocycles. The van der Waals surface area contributed by atoms with Crippen LogP contribution in [-0.4, -0.2) is 34.8 Å². The molecule has 2 aliphatic rings. The first kappa shape index (κ1) is 27.0. The van der Waals surface area contributed by atoms with Gasteiger partial charge in [0.1, 0.15) is 17.1 Å². The number of amides is 2. The zero-order valence-electron chi connectivity index (χ0n) is 20.5. The van der Waals surface area contributed by atoms with Crippen molar-refractivity contribution in [3.63, 3.8) is 0 Å². The van der Waals surface area contributed by atoms with Gasteiger partial charge in [0, 0.05) is 35.3 Å². The van der Waals surface area contributed by atoms with Crippen molar-refractivity contribution in [3.8, 4) is 5.75 Å². The summed E-state index contributed by atoms with van der Waals surface area (Å²) in [6.45, 7) is 0. The van der Waals surface area contributed by atoms with Gasteiger partial charge in [0.25, 0.3) is 11.8 Å². The zero-order chi connectivity index (χ0) is 27.9. The van der Waals surface area contributed by atoms with Crippen molar-refractivity contribution >= 4 is 34.3 Å². The van der Waals surface area contributed by atoms with Gasteiger partial charge in [-0.05, 0) is 74.9 Å². The Labute approximate surface area is 225 Å². The van der Waals surface area contributed by atoms with Crippen LogP contribution >= 0.6 is 11.6 Å². The summed E-state index contributed by atoms with van der Waals surface area (Å²) >= 11 is 5.94. The van der Waals surface area contributed by atoms with Gasteiger partial charge in [0.2, 0.25) is 5.43 Å². The largest absolute Gasteiger partial charge is 0.573 e. The molecule has 0 unspecified atom stereocenters. The van der Waals surface area contributed by atoms with E-state index in [-0.39, 0.29) is 39.7 Å². The number of nitrogens with zero attached hydrogens (tertiary/aromatic N) is 1. The first-order chi connectivity index (χ1) is 18.5. The summed E-state index contributed by atoms with van der Waals surface area (Å²) < 4.78 is 56.7. The minimum atomic E-state index is -4.81. The van der Waals surface area contributed by atoms with Gasteiger partial charge in [-0.1, -0.05) is 11.6 Å². The molecule has 206 valence electrons. The van der Waals surface area contributed by atoms with Gasteiger partial charge in [0.05, 0.1) is 10.5 Å². The van der Waals surface area contributed by atoms with Crippen molar-refractivity contribution in [2.45, 2.75) is 63.0 Å². The lowest BCUT2D eigenvalue weighted by atomic mass is 9.90. The van der Waals surface area contributed by atoms with E-state index in [0.717, 1.165) is 31.0 Å². The van der Waals surface area contributed by atoms with Crippen LogP contribution < -0.4 is 20.8 Å². The Morgan fingerprint density at radius 1 is 0.923 bits per heavy atom. The Hall–Kier alpha value is -3.60. The van der Waals surface area contributed by atoms with E-state index in [0.29, 0.717) is 31.2 Å². The molecule has 0 radical (unpaired) electrons. The van der Waals surface area contributed by atoms with Crippen LogP contribution in [0.25, 0.3) is 10.9 Å². The van der Waals surface area contributed by atoms with E-state index < -0.39 is 35.2 Å². The molecule has 0 atom stereocenters. The van der Waals surface area contributed by atoms with Gasteiger partial charge in [-0.2, -0.15) is 0 Å². The Bertz CT molecular complexity index is 1480. The van der Waals surface area contributed by atoms with Gasteiger partial charge in [-0.3, -0.25) is 14.4 Å². The normalized spacial score (nSPS) is 19.5. The minimum Gasteiger partial charge on any atom is -0.406 e. The maximum absolute atomic E-state index is 14.1. The third kappa shape index (κ3) is 6.19. The fraction of sp³-hybridized carbons (Fsp3) is 0.370. The average molecular weight is 566 g/mol. The SMILES string of the molecule is O=C(N[C@H]1CC[C@H](NC(=O)c2cn(C3CC3)c3cc(Cl)c(F)cc3c2=O)CC1)c1ccc(OC(F)(F)F)cc1. The van der Waals surface area contributed by atoms with Gasteiger partial charge in [-0.25, -0.2) is 4.39 Å². The number of fused-ring (bicyclic) bond motifs is 1. The smallest absolute Gasteiger partial charge is 0.406 e. The topological polar surface area (TPSA) is 89.4 Å². The van der Waals surface area contributed by atoms with Crippen LogP contribution in [0.1, 0.15) is 65.3 Å². The third-order valence-corrected chi connectivity index (χ3v) is 7.30. The Morgan fingerprint density at radius 3 is 2.08 bits per heavy atom. The van der Waals surface area contributed by atoms with Crippen LogP contribution in [0.4, 0.5) is 17.6 Å². The number of nitrogens with one attached hydrogen (secondary N) is 2. The van der Waals surface area contributed by atoms with E-state index in [4.69, 9.17) is 11.6 Å². The number of hydrogen-bond donors (Lipinski definition) is 2. The van der Waals surface area contributed by atoms with E-state index in [1.807, 2.05) is 4.57 Å². The van der Waals surface area contributed by atoms with Gasteiger partial charge >= 0.3 is 6.36 Å². The fourth-order valence-electron chi connectivity index (χ4n) is 4.88. The van der Waals surface area contributed by atoms with Crippen molar-refractivity contribution in [1.29, 1.82) is 0 Å². The van der Waals surface area contributed by atoms with E-state index >= 15 is 0 Å². The molecule has 1 heterocycles. The van der Waals surface area contributed by atoms with E-state index in [9.17, 15) is 31.9 Å². The molecule has 3 aromatic rings.